The molecule has 0 radical (unpaired) electrons. The van der Waals surface area contributed by atoms with Gasteiger partial charge in [0.25, 0.3) is 15.9 Å². The van der Waals surface area contributed by atoms with Crippen LogP contribution in [-0.2, 0) is 10.0 Å². The topological polar surface area (TPSA) is 84.5 Å². The van der Waals surface area contributed by atoms with Crippen molar-refractivity contribution in [2.24, 2.45) is 0 Å². The van der Waals surface area contributed by atoms with Crippen LogP contribution in [-0.4, -0.2) is 14.3 Å². The summed E-state index contributed by atoms with van der Waals surface area (Å²) in [6.07, 6.45) is 0. The standard InChI is InChI=1S/C25H18Cl2N2O4S/c26-17-9-12-22(13-10-17)34(31,32)29-24-14-11-18(27)15-23(24)25(30)28-19-5-4-8-21(16-19)33-20-6-2-1-3-7-20/h1-16,29H,(H,28,30). The molecule has 0 aliphatic heterocycles. The van der Waals surface area contributed by atoms with Crippen molar-refractivity contribution in [2.45, 2.75) is 4.90 Å². The number of carbonyl (C=O) groups excluding carboxylic acids is 1. The number of hydrogen-bond donors (Lipinski definition) is 2. The Morgan fingerprint density at radius 3 is 2.15 bits per heavy atom. The Hall–Kier alpha value is -3.52. The minimum Gasteiger partial charge on any atom is -0.457 e. The zero-order valence-corrected chi connectivity index (χ0v) is 19.9. The number of benzene rings is 4. The number of ether oxygens (including phenoxy) is 1. The van der Waals surface area contributed by atoms with Crippen LogP contribution >= 0.6 is 23.2 Å². The predicted octanol–water partition coefficient (Wildman–Crippen LogP) is 6.84. The molecule has 0 spiro atoms. The van der Waals surface area contributed by atoms with Crippen LogP contribution in [0, 0.1) is 0 Å². The summed E-state index contributed by atoms with van der Waals surface area (Å²) in [5.41, 5.74) is 0.595. The van der Waals surface area contributed by atoms with Gasteiger partial charge in [0.1, 0.15) is 11.5 Å². The van der Waals surface area contributed by atoms with E-state index in [1.54, 1.807) is 24.3 Å². The van der Waals surface area contributed by atoms with Crippen LogP contribution in [0.25, 0.3) is 0 Å². The van der Waals surface area contributed by atoms with Gasteiger partial charge in [0.2, 0.25) is 0 Å². The van der Waals surface area contributed by atoms with Gasteiger partial charge in [-0.05, 0) is 66.7 Å². The highest BCUT2D eigenvalue weighted by molar-refractivity contribution is 7.92. The molecule has 0 aliphatic carbocycles. The quantitative estimate of drug-likeness (QED) is 0.284. The zero-order chi connectivity index (χ0) is 24.1. The first-order valence-corrected chi connectivity index (χ1v) is 12.3. The predicted molar refractivity (Wildman–Crippen MR) is 135 cm³/mol. The third-order valence-electron chi connectivity index (χ3n) is 4.67. The number of hydrogen-bond acceptors (Lipinski definition) is 4. The molecule has 4 aromatic rings. The smallest absolute Gasteiger partial charge is 0.261 e. The molecule has 0 aromatic heterocycles. The fourth-order valence-electron chi connectivity index (χ4n) is 3.07. The maximum atomic E-state index is 13.1. The van der Waals surface area contributed by atoms with Gasteiger partial charge in [0, 0.05) is 21.8 Å². The summed E-state index contributed by atoms with van der Waals surface area (Å²) in [4.78, 5) is 13.1. The average Bonchev–Trinajstić information content (AvgIpc) is 2.81. The SMILES string of the molecule is O=C(Nc1cccc(Oc2ccccc2)c1)c1cc(Cl)ccc1NS(=O)(=O)c1ccc(Cl)cc1. The van der Waals surface area contributed by atoms with Crippen molar-refractivity contribution >= 4 is 50.5 Å². The molecule has 0 saturated heterocycles. The van der Waals surface area contributed by atoms with Gasteiger partial charge in [0.05, 0.1) is 16.1 Å². The Morgan fingerprint density at radius 2 is 1.41 bits per heavy atom. The van der Waals surface area contributed by atoms with E-state index in [2.05, 4.69) is 10.0 Å². The first-order chi connectivity index (χ1) is 16.3. The van der Waals surface area contributed by atoms with Crippen molar-refractivity contribution < 1.29 is 17.9 Å². The number of sulfonamides is 1. The molecule has 2 N–H and O–H groups in total. The number of amides is 1. The first kappa shape index (κ1) is 23.6. The van der Waals surface area contributed by atoms with Crippen molar-refractivity contribution in [3.05, 3.63) is 113 Å². The van der Waals surface area contributed by atoms with Gasteiger partial charge in [-0.15, -0.1) is 0 Å². The van der Waals surface area contributed by atoms with Crippen LogP contribution in [0.2, 0.25) is 10.0 Å². The van der Waals surface area contributed by atoms with Crippen molar-refractivity contribution in [3.63, 3.8) is 0 Å². The van der Waals surface area contributed by atoms with Gasteiger partial charge in [0.15, 0.2) is 0 Å². The normalized spacial score (nSPS) is 11.0. The summed E-state index contributed by atoms with van der Waals surface area (Å²) in [6, 6.07) is 26.1. The van der Waals surface area contributed by atoms with Gasteiger partial charge >= 0.3 is 0 Å². The Labute approximate surface area is 207 Å². The number of para-hydroxylation sites is 1. The molecule has 0 saturated carbocycles. The Morgan fingerprint density at radius 1 is 0.735 bits per heavy atom. The van der Waals surface area contributed by atoms with Crippen molar-refractivity contribution in [1.29, 1.82) is 0 Å². The van der Waals surface area contributed by atoms with E-state index >= 15 is 0 Å². The van der Waals surface area contributed by atoms with E-state index in [1.165, 1.54) is 42.5 Å². The van der Waals surface area contributed by atoms with Crippen LogP contribution in [0.1, 0.15) is 10.4 Å². The second-order valence-corrected chi connectivity index (χ2v) is 9.70. The third-order valence-corrected chi connectivity index (χ3v) is 6.53. The molecule has 34 heavy (non-hydrogen) atoms. The van der Waals surface area contributed by atoms with Gasteiger partial charge in [-0.2, -0.15) is 0 Å². The van der Waals surface area contributed by atoms with Gasteiger partial charge in [-0.25, -0.2) is 8.42 Å². The zero-order valence-electron chi connectivity index (χ0n) is 17.5. The van der Waals surface area contributed by atoms with Crippen LogP contribution in [0.4, 0.5) is 11.4 Å². The van der Waals surface area contributed by atoms with E-state index in [0.29, 0.717) is 22.2 Å². The Balaban J connectivity index is 1.56. The lowest BCUT2D eigenvalue weighted by molar-refractivity contribution is 0.102. The molecule has 0 atom stereocenters. The third kappa shape index (κ3) is 5.88. The van der Waals surface area contributed by atoms with E-state index in [4.69, 9.17) is 27.9 Å². The maximum Gasteiger partial charge on any atom is 0.261 e. The van der Waals surface area contributed by atoms with E-state index < -0.39 is 15.9 Å². The number of nitrogens with one attached hydrogen (secondary N) is 2. The summed E-state index contributed by atoms with van der Waals surface area (Å²) in [7, 11) is -3.96. The highest BCUT2D eigenvalue weighted by atomic mass is 35.5. The molecule has 4 rings (SSSR count). The van der Waals surface area contributed by atoms with E-state index in [-0.39, 0.29) is 21.2 Å². The maximum absolute atomic E-state index is 13.1. The molecule has 0 aliphatic rings. The van der Waals surface area contributed by atoms with Crippen molar-refractivity contribution in [1.82, 2.24) is 0 Å². The summed E-state index contributed by atoms with van der Waals surface area (Å²) in [6.45, 7) is 0. The minimum atomic E-state index is -3.96. The lowest BCUT2D eigenvalue weighted by atomic mass is 10.1. The average molecular weight is 513 g/mol. The molecule has 0 heterocycles. The van der Waals surface area contributed by atoms with Crippen LogP contribution < -0.4 is 14.8 Å². The molecule has 6 nitrogen and oxygen atoms in total. The monoisotopic (exact) mass is 512 g/mol. The second-order valence-electron chi connectivity index (χ2n) is 7.15. The lowest BCUT2D eigenvalue weighted by Gasteiger charge is -2.14. The number of halogens is 2. The number of rotatable bonds is 7. The van der Waals surface area contributed by atoms with E-state index in [0.717, 1.165) is 0 Å². The van der Waals surface area contributed by atoms with Gasteiger partial charge in [-0.3, -0.25) is 9.52 Å². The highest BCUT2D eigenvalue weighted by Gasteiger charge is 2.19. The molecular weight excluding hydrogens is 495 g/mol. The van der Waals surface area contributed by atoms with Crippen molar-refractivity contribution in [2.75, 3.05) is 10.0 Å². The second kappa shape index (κ2) is 10.2. The fourth-order valence-corrected chi connectivity index (χ4v) is 4.45. The van der Waals surface area contributed by atoms with Crippen LogP contribution in [0.3, 0.4) is 0 Å². The highest BCUT2D eigenvalue weighted by Crippen LogP contribution is 2.27. The molecule has 172 valence electrons. The van der Waals surface area contributed by atoms with E-state index in [9.17, 15) is 13.2 Å². The number of carbonyl (C=O) groups is 1. The van der Waals surface area contributed by atoms with E-state index in [1.807, 2.05) is 30.3 Å². The molecule has 9 heteroatoms. The number of anilines is 2. The molecule has 0 fully saturated rings. The van der Waals surface area contributed by atoms with Crippen LogP contribution in [0.5, 0.6) is 11.5 Å². The molecule has 4 aromatic carbocycles. The van der Waals surface area contributed by atoms with Crippen molar-refractivity contribution in [3.8, 4) is 11.5 Å². The van der Waals surface area contributed by atoms with Crippen LogP contribution in [0.15, 0.2) is 102 Å². The summed E-state index contributed by atoms with van der Waals surface area (Å²) in [5, 5.41) is 3.44. The Bertz CT molecular complexity index is 1430. The van der Waals surface area contributed by atoms with Gasteiger partial charge < -0.3 is 10.1 Å². The summed E-state index contributed by atoms with van der Waals surface area (Å²) < 4.78 is 33.9. The molecular formula is C25H18Cl2N2O4S. The molecule has 0 bridgehead atoms. The van der Waals surface area contributed by atoms with Gasteiger partial charge in [-0.1, -0.05) is 47.5 Å². The Kier molecular flexibility index (Phi) is 7.07. The fraction of sp³-hybridized carbons (Fsp3) is 0. The largest absolute Gasteiger partial charge is 0.457 e. The summed E-state index contributed by atoms with van der Waals surface area (Å²) >= 11 is 11.9. The first-order valence-electron chi connectivity index (χ1n) is 10.0. The molecule has 1 amide bonds. The minimum absolute atomic E-state index is 0.00368. The summed E-state index contributed by atoms with van der Waals surface area (Å²) in [5.74, 6) is 0.631. The molecule has 0 unspecified atom stereocenters. The lowest BCUT2D eigenvalue weighted by Crippen LogP contribution is -2.18.